The minimum Gasteiger partial charge on any atom is -0.326 e. The van der Waals surface area contributed by atoms with Gasteiger partial charge in [0.05, 0.1) is 5.75 Å². The molecule has 0 saturated carbocycles. The number of hydrogen-bond acceptors (Lipinski definition) is 4. The molecule has 122 valence electrons. The summed E-state index contributed by atoms with van der Waals surface area (Å²) in [5.41, 5.74) is 0.656. The van der Waals surface area contributed by atoms with Crippen LogP contribution in [-0.4, -0.2) is 26.3 Å². The minimum absolute atomic E-state index is 0.0335. The van der Waals surface area contributed by atoms with E-state index >= 15 is 0 Å². The second-order valence-electron chi connectivity index (χ2n) is 5.01. The first kappa shape index (κ1) is 18.0. The second-order valence-corrected chi connectivity index (χ2v) is 9.33. The molecule has 0 spiro atoms. The molecule has 0 aliphatic rings. The molecular formula is C16H16BrNO3S2. The Morgan fingerprint density at radius 2 is 1.57 bits per heavy atom. The second kappa shape index (κ2) is 7.99. The number of hydrogen-bond donors (Lipinski definition) is 1. The van der Waals surface area contributed by atoms with Crippen LogP contribution < -0.4 is 5.32 Å². The third kappa shape index (κ3) is 6.76. The molecule has 4 nitrogen and oxygen atoms in total. The van der Waals surface area contributed by atoms with Crippen LogP contribution in [0, 0.1) is 0 Å². The molecule has 1 amide bonds. The molecule has 0 aromatic heterocycles. The van der Waals surface area contributed by atoms with Crippen molar-refractivity contribution in [3.8, 4) is 0 Å². The number of amides is 1. The summed E-state index contributed by atoms with van der Waals surface area (Å²) < 4.78 is 23.1. The van der Waals surface area contributed by atoms with E-state index in [4.69, 9.17) is 0 Å². The molecule has 23 heavy (non-hydrogen) atoms. The van der Waals surface area contributed by atoms with Crippen LogP contribution in [0.5, 0.6) is 0 Å². The molecule has 2 rings (SSSR count). The van der Waals surface area contributed by atoms with E-state index in [0.717, 1.165) is 20.5 Å². The molecule has 0 aliphatic heterocycles. The monoisotopic (exact) mass is 413 g/mol. The summed E-state index contributed by atoms with van der Waals surface area (Å²) >= 11 is 5.03. The lowest BCUT2D eigenvalue weighted by molar-refractivity contribution is -0.115. The van der Waals surface area contributed by atoms with Crippen LogP contribution in [0.1, 0.15) is 6.42 Å². The third-order valence-corrected chi connectivity index (χ3v) is 5.38. The van der Waals surface area contributed by atoms with Gasteiger partial charge in [-0.15, -0.1) is 0 Å². The van der Waals surface area contributed by atoms with E-state index in [1.54, 1.807) is 23.9 Å². The molecular weight excluding hydrogens is 398 g/mol. The lowest BCUT2D eigenvalue weighted by Crippen LogP contribution is -2.16. The van der Waals surface area contributed by atoms with Gasteiger partial charge in [-0.25, -0.2) is 8.42 Å². The average Bonchev–Trinajstić information content (AvgIpc) is 2.49. The van der Waals surface area contributed by atoms with E-state index < -0.39 is 9.84 Å². The van der Waals surface area contributed by atoms with Crippen molar-refractivity contribution >= 4 is 49.1 Å². The summed E-state index contributed by atoms with van der Waals surface area (Å²) in [7, 11) is -3.12. The van der Waals surface area contributed by atoms with Crippen molar-refractivity contribution in [1.29, 1.82) is 0 Å². The number of halogens is 1. The van der Waals surface area contributed by atoms with Crippen molar-refractivity contribution in [1.82, 2.24) is 0 Å². The zero-order chi connectivity index (χ0) is 16.9. The summed E-state index contributed by atoms with van der Waals surface area (Å²) in [6, 6.07) is 15.5. The fourth-order valence-electron chi connectivity index (χ4n) is 1.75. The van der Waals surface area contributed by atoms with Gasteiger partial charge in [-0.05, 0) is 48.5 Å². The Kier molecular flexibility index (Phi) is 6.26. The number of sulfone groups is 1. The van der Waals surface area contributed by atoms with Gasteiger partial charge < -0.3 is 5.32 Å². The molecule has 2 aromatic rings. The fourth-order valence-corrected chi connectivity index (χ4v) is 3.38. The molecule has 0 radical (unpaired) electrons. The first-order valence-electron chi connectivity index (χ1n) is 6.83. The first-order valence-corrected chi connectivity index (χ1v) is 10.5. The predicted octanol–water partition coefficient (Wildman–Crippen LogP) is 3.97. The first-order chi connectivity index (χ1) is 10.8. The van der Waals surface area contributed by atoms with E-state index in [1.807, 2.05) is 36.4 Å². The van der Waals surface area contributed by atoms with Gasteiger partial charge in [0.25, 0.3) is 0 Å². The van der Waals surface area contributed by atoms with Gasteiger partial charge in [-0.3, -0.25) is 4.79 Å². The minimum atomic E-state index is -3.12. The summed E-state index contributed by atoms with van der Waals surface area (Å²) in [6.45, 7) is 0. The van der Waals surface area contributed by atoms with Crippen molar-refractivity contribution < 1.29 is 13.2 Å². The van der Waals surface area contributed by atoms with Gasteiger partial charge in [0.2, 0.25) is 5.91 Å². The van der Waals surface area contributed by atoms with E-state index in [0.29, 0.717) is 5.69 Å². The number of rotatable bonds is 6. The topological polar surface area (TPSA) is 63.2 Å². The highest BCUT2D eigenvalue weighted by molar-refractivity contribution is 9.10. The highest BCUT2D eigenvalue weighted by atomic mass is 79.9. The van der Waals surface area contributed by atoms with Crippen LogP contribution in [0.2, 0.25) is 0 Å². The van der Waals surface area contributed by atoms with Gasteiger partial charge in [0, 0.05) is 32.6 Å². The lowest BCUT2D eigenvalue weighted by atomic mass is 10.3. The van der Waals surface area contributed by atoms with Crippen molar-refractivity contribution in [2.24, 2.45) is 0 Å². The lowest BCUT2D eigenvalue weighted by Gasteiger charge is -2.06. The van der Waals surface area contributed by atoms with Crippen LogP contribution >= 0.6 is 27.7 Å². The van der Waals surface area contributed by atoms with Crippen molar-refractivity contribution in [3.63, 3.8) is 0 Å². The predicted molar refractivity (Wildman–Crippen MR) is 97.7 cm³/mol. The average molecular weight is 414 g/mol. The zero-order valence-corrected chi connectivity index (χ0v) is 15.7. The Hall–Kier alpha value is -1.31. The van der Waals surface area contributed by atoms with Crippen LogP contribution in [0.15, 0.2) is 62.8 Å². The van der Waals surface area contributed by atoms with Gasteiger partial charge in [-0.1, -0.05) is 27.7 Å². The molecule has 2 aromatic carbocycles. The molecule has 0 saturated heterocycles. The van der Waals surface area contributed by atoms with Crippen molar-refractivity contribution in [3.05, 3.63) is 53.0 Å². The molecule has 1 N–H and O–H groups in total. The van der Waals surface area contributed by atoms with E-state index in [9.17, 15) is 13.2 Å². The summed E-state index contributed by atoms with van der Waals surface area (Å²) in [6.07, 6.45) is 1.09. The van der Waals surface area contributed by atoms with Gasteiger partial charge in [0.15, 0.2) is 0 Å². The number of benzene rings is 2. The Morgan fingerprint density at radius 3 is 2.09 bits per heavy atom. The van der Waals surface area contributed by atoms with Gasteiger partial charge in [-0.2, -0.15) is 0 Å². The fraction of sp³-hybridized carbons (Fsp3) is 0.188. The standard InChI is InChI=1S/C16H16BrNO3S2/c1-23(20,21)11-10-16(19)18-13-4-8-15(9-5-13)22-14-6-2-12(17)3-7-14/h2-9H,10-11H2,1H3,(H,18,19). The van der Waals surface area contributed by atoms with E-state index in [2.05, 4.69) is 21.2 Å². The molecule has 0 heterocycles. The Labute approximate surface area is 148 Å². The highest BCUT2D eigenvalue weighted by Crippen LogP contribution is 2.29. The summed E-state index contributed by atoms with van der Waals surface area (Å²) in [5.74, 6) is -0.445. The van der Waals surface area contributed by atoms with Crippen molar-refractivity contribution in [2.75, 3.05) is 17.3 Å². The van der Waals surface area contributed by atoms with E-state index in [1.165, 1.54) is 0 Å². The smallest absolute Gasteiger partial charge is 0.225 e. The molecule has 7 heteroatoms. The number of carbonyl (C=O) groups is 1. The highest BCUT2D eigenvalue weighted by Gasteiger charge is 2.08. The van der Waals surface area contributed by atoms with Gasteiger partial charge >= 0.3 is 0 Å². The Balaban J connectivity index is 1.91. The van der Waals surface area contributed by atoms with Crippen molar-refractivity contribution in [2.45, 2.75) is 16.2 Å². The van der Waals surface area contributed by atoms with Crippen LogP contribution in [0.3, 0.4) is 0 Å². The summed E-state index contributed by atoms with van der Waals surface area (Å²) in [5, 5.41) is 2.69. The number of anilines is 1. The van der Waals surface area contributed by atoms with Crippen LogP contribution in [0.25, 0.3) is 0 Å². The normalized spacial score (nSPS) is 11.2. The Bertz CT molecular complexity index is 772. The van der Waals surface area contributed by atoms with E-state index in [-0.39, 0.29) is 18.1 Å². The molecule has 0 aliphatic carbocycles. The maximum atomic E-state index is 11.7. The maximum Gasteiger partial charge on any atom is 0.225 e. The molecule has 0 fully saturated rings. The summed E-state index contributed by atoms with van der Waals surface area (Å²) in [4.78, 5) is 13.9. The third-order valence-electron chi connectivity index (χ3n) is 2.89. The largest absolute Gasteiger partial charge is 0.326 e. The molecule has 0 bridgehead atoms. The Morgan fingerprint density at radius 1 is 1.04 bits per heavy atom. The molecule has 0 atom stereocenters. The zero-order valence-electron chi connectivity index (χ0n) is 12.5. The number of nitrogens with one attached hydrogen (secondary N) is 1. The van der Waals surface area contributed by atoms with Crippen LogP contribution in [-0.2, 0) is 14.6 Å². The van der Waals surface area contributed by atoms with Gasteiger partial charge in [0.1, 0.15) is 9.84 Å². The number of carbonyl (C=O) groups excluding carboxylic acids is 1. The SMILES string of the molecule is CS(=O)(=O)CCC(=O)Nc1ccc(Sc2ccc(Br)cc2)cc1. The maximum absolute atomic E-state index is 11.7. The van der Waals surface area contributed by atoms with Crippen LogP contribution in [0.4, 0.5) is 5.69 Å². The molecule has 0 unspecified atom stereocenters. The quantitative estimate of drug-likeness (QED) is 0.777.